The molecule has 35 heavy (non-hydrogen) atoms. The first-order valence-electron chi connectivity index (χ1n) is 11.8. The zero-order chi connectivity index (χ0) is 25.0. The predicted octanol–water partition coefficient (Wildman–Crippen LogP) is 3.44. The molecule has 1 fully saturated rings. The maximum atomic E-state index is 13.3. The lowest BCUT2D eigenvalue weighted by molar-refractivity contribution is -0.138. The Morgan fingerprint density at radius 2 is 1.89 bits per heavy atom. The van der Waals surface area contributed by atoms with Gasteiger partial charge < -0.3 is 25.0 Å². The Morgan fingerprint density at radius 3 is 2.57 bits per heavy atom. The number of nitrogens with zero attached hydrogens (tertiary/aromatic N) is 1. The van der Waals surface area contributed by atoms with Gasteiger partial charge in [0.2, 0.25) is 0 Å². The fourth-order valence-electron chi connectivity index (χ4n) is 5.01. The molecule has 2 aromatic carbocycles. The topological polar surface area (TPSA) is 79.9 Å². The Balaban J connectivity index is 1.75. The molecule has 2 aliphatic heterocycles. The molecule has 7 nitrogen and oxygen atoms in total. The molecule has 2 aliphatic rings. The number of carbonyl (C=O) groups is 2. The summed E-state index contributed by atoms with van der Waals surface area (Å²) in [6.07, 6.45) is 1.27. The zero-order valence-corrected chi connectivity index (χ0v) is 21.1. The number of nitrogens with one attached hydrogen (secondary N) is 2. The third-order valence-electron chi connectivity index (χ3n) is 6.68. The Bertz CT molecular complexity index is 1100. The number of halogens is 1. The average Bonchev–Trinajstić information content (AvgIpc) is 3.43. The van der Waals surface area contributed by atoms with Crippen LogP contribution in [0.1, 0.15) is 18.4 Å². The van der Waals surface area contributed by atoms with E-state index in [-0.39, 0.29) is 11.9 Å². The van der Waals surface area contributed by atoms with E-state index < -0.39 is 17.7 Å². The normalized spacial score (nSPS) is 21.8. The highest BCUT2D eigenvalue weighted by Gasteiger charge is 2.60. The summed E-state index contributed by atoms with van der Waals surface area (Å²) in [5.74, 6) is -0.820. The van der Waals surface area contributed by atoms with Crippen LogP contribution in [0.2, 0.25) is 5.02 Å². The number of hydrogen-bond donors (Lipinski definition) is 2. The number of carbonyl (C=O) groups excluding carboxylic acids is 2. The number of hydrogen-bond acceptors (Lipinski definition) is 6. The molecule has 0 saturated carbocycles. The van der Waals surface area contributed by atoms with Gasteiger partial charge in [0.1, 0.15) is 5.60 Å². The summed E-state index contributed by atoms with van der Waals surface area (Å²) in [5.41, 5.74) is 1.47. The van der Waals surface area contributed by atoms with Gasteiger partial charge in [-0.2, -0.15) is 0 Å². The number of anilines is 1. The minimum atomic E-state index is -1.03. The first kappa shape index (κ1) is 25.2. The second kappa shape index (κ2) is 10.8. The van der Waals surface area contributed by atoms with E-state index in [0.717, 1.165) is 11.3 Å². The molecule has 1 saturated heterocycles. The number of rotatable bonds is 10. The molecule has 3 unspecified atom stereocenters. The molecule has 2 bridgehead atoms. The van der Waals surface area contributed by atoms with Crippen LogP contribution in [0.4, 0.5) is 5.69 Å². The third-order valence-corrected chi connectivity index (χ3v) is 7.05. The monoisotopic (exact) mass is 497 g/mol. The standard InChI is InChI=1S/C27H32ClN3O4/c1-31(2)16-15-29-25(32)23-21-13-14-27(35-21,24(23)26(33)34-3)22(30-19-10-5-4-6-11-19)17-18-9-7-8-12-20(18)28/h4-12,21-22,30H,13-17H2,1-3H3,(H,29,32). The van der Waals surface area contributed by atoms with E-state index in [4.69, 9.17) is 21.1 Å². The van der Waals surface area contributed by atoms with Crippen LogP contribution in [0, 0.1) is 0 Å². The Hall–Kier alpha value is -2.87. The van der Waals surface area contributed by atoms with E-state index in [9.17, 15) is 9.59 Å². The molecule has 0 spiro atoms. The first-order chi connectivity index (χ1) is 16.9. The first-order valence-corrected chi connectivity index (χ1v) is 12.2. The summed E-state index contributed by atoms with van der Waals surface area (Å²) in [6, 6.07) is 17.0. The van der Waals surface area contributed by atoms with Gasteiger partial charge in [0.05, 0.1) is 30.4 Å². The maximum Gasteiger partial charge on any atom is 0.337 e. The lowest BCUT2D eigenvalue weighted by Crippen LogP contribution is -2.50. The maximum absolute atomic E-state index is 13.3. The quantitative estimate of drug-likeness (QED) is 0.489. The highest BCUT2D eigenvalue weighted by atomic mass is 35.5. The van der Waals surface area contributed by atoms with E-state index in [2.05, 4.69) is 10.6 Å². The minimum Gasteiger partial charge on any atom is -0.466 e. The van der Waals surface area contributed by atoms with Crippen LogP contribution in [0.3, 0.4) is 0 Å². The predicted molar refractivity (Wildman–Crippen MR) is 136 cm³/mol. The molecule has 3 atom stereocenters. The van der Waals surface area contributed by atoms with Crippen molar-refractivity contribution < 1.29 is 19.1 Å². The van der Waals surface area contributed by atoms with Crippen LogP contribution >= 0.6 is 11.6 Å². The van der Waals surface area contributed by atoms with Gasteiger partial charge in [-0.3, -0.25) is 4.79 Å². The van der Waals surface area contributed by atoms with Gasteiger partial charge >= 0.3 is 5.97 Å². The van der Waals surface area contributed by atoms with Crippen LogP contribution < -0.4 is 10.6 Å². The SMILES string of the molecule is COC(=O)C1=C(C(=O)NCCN(C)C)C2CCC1(C(Cc1ccccc1Cl)Nc1ccccc1)O2. The van der Waals surface area contributed by atoms with Crippen molar-refractivity contribution in [2.24, 2.45) is 0 Å². The summed E-state index contributed by atoms with van der Waals surface area (Å²) in [4.78, 5) is 28.4. The molecular weight excluding hydrogens is 466 g/mol. The molecule has 186 valence electrons. The highest BCUT2D eigenvalue weighted by molar-refractivity contribution is 6.31. The van der Waals surface area contributed by atoms with Crippen LogP contribution in [0.25, 0.3) is 0 Å². The van der Waals surface area contributed by atoms with Gasteiger partial charge in [-0.15, -0.1) is 0 Å². The molecule has 1 amide bonds. The van der Waals surface area contributed by atoms with Crippen molar-refractivity contribution in [3.63, 3.8) is 0 Å². The van der Waals surface area contributed by atoms with Crippen molar-refractivity contribution in [1.29, 1.82) is 0 Å². The number of esters is 1. The van der Waals surface area contributed by atoms with Gasteiger partial charge in [0, 0.05) is 23.8 Å². The van der Waals surface area contributed by atoms with Crippen molar-refractivity contribution in [3.05, 3.63) is 76.3 Å². The molecular formula is C27H32ClN3O4. The Morgan fingerprint density at radius 1 is 1.17 bits per heavy atom. The summed E-state index contributed by atoms with van der Waals surface area (Å²) in [6.45, 7) is 1.16. The zero-order valence-electron chi connectivity index (χ0n) is 20.3. The molecule has 0 aliphatic carbocycles. The molecule has 4 rings (SSSR count). The van der Waals surface area contributed by atoms with E-state index in [1.165, 1.54) is 7.11 Å². The molecule has 2 heterocycles. The number of para-hydroxylation sites is 1. The number of amides is 1. The summed E-state index contributed by atoms with van der Waals surface area (Å²) < 4.78 is 11.7. The lowest BCUT2D eigenvalue weighted by atomic mass is 9.75. The van der Waals surface area contributed by atoms with Crippen molar-refractivity contribution in [3.8, 4) is 0 Å². The molecule has 2 N–H and O–H groups in total. The summed E-state index contributed by atoms with van der Waals surface area (Å²) >= 11 is 6.52. The van der Waals surface area contributed by atoms with Gasteiger partial charge in [0.25, 0.3) is 5.91 Å². The van der Waals surface area contributed by atoms with Crippen LogP contribution in [0.15, 0.2) is 65.7 Å². The fourth-order valence-corrected chi connectivity index (χ4v) is 5.22. The smallest absolute Gasteiger partial charge is 0.337 e. The van der Waals surface area contributed by atoms with Gasteiger partial charge in [0.15, 0.2) is 0 Å². The van der Waals surface area contributed by atoms with E-state index in [0.29, 0.717) is 48.5 Å². The number of ether oxygens (including phenoxy) is 2. The van der Waals surface area contributed by atoms with E-state index in [1.54, 1.807) is 0 Å². The van der Waals surface area contributed by atoms with Crippen LogP contribution in [-0.4, -0.2) is 68.8 Å². The van der Waals surface area contributed by atoms with E-state index >= 15 is 0 Å². The molecule has 2 aromatic rings. The third kappa shape index (κ3) is 5.22. The molecule has 8 heteroatoms. The highest BCUT2D eigenvalue weighted by Crippen LogP contribution is 2.51. The van der Waals surface area contributed by atoms with Gasteiger partial charge in [-0.05, 0) is 57.1 Å². The number of methoxy groups -OCH3 is 1. The molecule has 0 aromatic heterocycles. The Kier molecular flexibility index (Phi) is 7.79. The number of fused-ring (bicyclic) bond motifs is 2. The second-order valence-corrected chi connectivity index (χ2v) is 9.64. The lowest BCUT2D eigenvalue weighted by Gasteiger charge is -2.37. The van der Waals surface area contributed by atoms with Crippen molar-refractivity contribution >= 4 is 29.2 Å². The molecule has 0 radical (unpaired) electrons. The summed E-state index contributed by atoms with van der Waals surface area (Å²) in [5, 5.41) is 7.16. The van der Waals surface area contributed by atoms with Gasteiger partial charge in [-0.25, -0.2) is 4.79 Å². The van der Waals surface area contributed by atoms with Crippen molar-refractivity contribution in [1.82, 2.24) is 10.2 Å². The van der Waals surface area contributed by atoms with Crippen LogP contribution in [0.5, 0.6) is 0 Å². The number of benzene rings is 2. The van der Waals surface area contributed by atoms with E-state index in [1.807, 2.05) is 73.6 Å². The van der Waals surface area contributed by atoms with Crippen LogP contribution in [-0.2, 0) is 25.5 Å². The largest absolute Gasteiger partial charge is 0.466 e. The van der Waals surface area contributed by atoms with Crippen molar-refractivity contribution in [2.75, 3.05) is 39.6 Å². The average molecular weight is 498 g/mol. The minimum absolute atomic E-state index is 0.282. The second-order valence-electron chi connectivity index (χ2n) is 9.23. The Labute approximate surface area is 211 Å². The summed E-state index contributed by atoms with van der Waals surface area (Å²) in [7, 11) is 5.22. The van der Waals surface area contributed by atoms with Gasteiger partial charge in [-0.1, -0.05) is 48.0 Å². The fraction of sp³-hybridized carbons (Fsp3) is 0.407. The van der Waals surface area contributed by atoms with Crippen molar-refractivity contribution in [2.45, 2.75) is 37.0 Å². The number of likely N-dealkylation sites (N-methyl/N-ethyl adjacent to an activating group) is 1.